The van der Waals surface area contributed by atoms with Crippen molar-refractivity contribution < 1.29 is 0 Å². The molecule has 1 nitrogen and oxygen atoms in total. The largest absolute Gasteiger partial charge is 0.308 e. The second-order valence-electron chi connectivity index (χ2n) is 6.84. The van der Waals surface area contributed by atoms with Gasteiger partial charge in [0, 0.05) is 12.1 Å². The third-order valence-electron chi connectivity index (χ3n) is 3.33. The number of nitrogens with one attached hydrogen (secondary N) is 1. The lowest BCUT2D eigenvalue weighted by Crippen LogP contribution is -2.37. The predicted octanol–water partition coefficient (Wildman–Crippen LogP) is 4.73. The minimum Gasteiger partial charge on any atom is -0.308 e. The molecule has 0 radical (unpaired) electrons. The molecule has 1 aromatic carbocycles. The van der Waals surface area contributed by atoms with Crippen LogP contribution in [-0.4, -0.2) is 12.1 Å². The predicted molar refractivity (Wildman–Crippen MR) is 86.5 cm³/mol. The standard InChI is InChI=1S/C18H29N/c1-13(2)17(12-19-18(5,6)7)11-16-9-8-14(3)10-15(16)4/h8-11,13,19H,12H2,1-7H3. The molecular formula is C18H29N. The maximum Gasteiger partial charge on any atom is 0.0175 e. The average Bonchev–Trinajstić information content (AvgIpc) is 2.24. The van der Waals surface area contributed by atoms with Crippen molar-refractivity contribution in [2.75, 3.05) is 6.54 Å². The lowest BCUT2D eigenvalue weighted by Gasteiger charge is -2.23. The van der Waals surface area contributed by atoms with E-state index in [1.807, 2.05) is 0 Å². The van der Waals surface area contributed by atoms with Gasteiger partial charge in [0.2, 0.25) is 0 Å². The molecule has 0 aromatic heterocycles. The first-order chi connectivity index (χ1) is 8.69. The van der Waals surface area contributed by atoms with E-state index in [0.717, 1.165) is 6.54 Å². The summed E-state index contributed by atoms with van der Waals surface area (Å²) >= 11 is 0. The zero-order valence-corrected chi connectivity index (χ0v) is 13.6. The van der Waals surface area contributed by atoms with Crippen LogP contribution < -0.4 is 5.32 Å². The van der Waals surface area contributed by atoms with Crippen molar-refractivity contribution in [2.24, 2.45) is 5.92 Å². The van der Waals surface area contributed by atoms with E-state index < -0.39 is 0 Å². The van der Waals surface area contributed by atoms with Crippen LogP contribution >= 0.6 is 0 Å². The molecule has 0 saturated heterocycles. The van der Waals surface area contributed by atoms with E-state index in [1.165, 1.54) is 22.3 Å². The molecule has 1 heteroatoms. The van der Waals surface area contributed by atoms with Crippen LogP contribution in [0.1, 0.15) is 51.3 Å². The summed E-state index contributed by atoms with van der Waals surface area (Å²) in [5.74, 6) is 0.565. The molecular weight excluding hydrogens is 230 g/mol. The van der Waals surface area contributed by atoms with Crippen molar-refractivity contribution in [3.05, 3.63) is 40.5 Å². The summed E-state index contributed by atoms with van der Waals surface area (Å²) in [5, 5.41) is 3.59. The number of rotatable bonds is 4. The van der Waals surface area contributed by atoms with Crippen LogP contribution in [0.2, 0.25) is 0 Å². The molecule has 0 aliphatic heterocycles. The highest BCUT2D eigenvalue weighted by Gasteiger charge is 2.11. The van der Waals surface area contributed by atoms with Gasteiger partial charge in [-0.2, -0.15) is 0 Å². The van der Waals surface area contributed by atoms with Crippen molar-refractivity contribution in [3.8, 4) is 0 Å². The number of hydrogen-bond donors (Lipinski definition) is 1. The zero-order chi connectivity index (χ0) is 14.6. The Morgan fingerprint density at radius 1 is 1.21 bits per heavy atom. The third-order valence-corrected chi connectivity index (χ3v) is 3.33. The van der Waals surface area contributed by atoms with Crippen molar-refractivity contribution in [2.45, 2.75) is 54.0 Å². The van der Waals surface area contributed by atoms with E-state index in [1.54, 1.807) is 0 Å². The van der Waals surface area contributed by atoms with Gasteiger partial charge in [0.1, 0.15) is 0 Å². The first kappa shape index (κ1) is 16.0. The fraction of sp³-hybridized carbons (Fsp3) is 0.556. The smallest absolute Gasteiger partial charge is 0.0175 e. The fourth-order valence-corrected chi connectivity index (χ4v) is 1.98. The number of hydrogen-bond acceptors (Lipinski definition) is 1. The van der Waals surface area contributed by atoms with E-state index in [2.05, 4.69) is 78.1 Å². The summed E-state index contributed by atoms with van der Waals surface area (Å²) in [7, 11) is 0. The van der Waals surface area contributed by atoms with E-state index in [9.17, 15) is 0 Å². The maximum absolute atomic E-state index is 3.59. The molecule has 19 heavy (non-hydrogen) atoms. The number of benzene rings is 1. The van der Waals surface area contributed by atoms with Crippen LogP contribution in [0.15, 0.2) is 23.8 Å². The highest BCUT2D eigenvalue weighted by Crippen LogP contribution is 2.18. The SMILES string of the molecule is Cc1ccc(C=C(CNC(C)(C)C)C(C)C)c(C)c1. The fourth-order valence-electron chi connectivity index (χ4n) is 1.98. The van der Waals surface area contributed by atoms with Gasteiger partial charge in [-0.3, -0.25) is 0 Å². The van der Waals surface area contributed by atoms with Gasteiger partial charge in [-0.25, -0.2) is 0 Å². The molecule has 1 aromatic rings. The molecule has 0 spiro atoms. The molecule has 0 fully saturated rings. The lowest BCUT2D eigenvalue weighted by atomic mass is 9.96. The molecule has 0 aliphatic carbocycles. The molecule has 106 valence electrons. The summed E-state index contributed by atoms with van der Waals surface area (Å²) in [4.78, 5) is 0. The van der Waals surface area contributed by atoms with Crippen LogP contribution in [0.5, 0.6) is 0 Å². The van der Waals surface area contributed by atoms with Gasteiger partial charge in [0.25, 0.3) is 0 Å². The van der Waals surface area contributed by atoms with E-state index in [-0.39, 0.29) is 5.54 Å². The highest BCUT2D eigenvalue weighted by atomic mass is 14.9. The topological polar surface area (TPSA) is 12.0 Å². The van der Waals surface area contributed by atoms with Crippen molar-refractivity contribution in [1.29, 1.82) is 0 Å². The van der Waals surface area contributed by atoms with Gasteiger partial charge in [0.15, 0.2) is 0 Å². The van der Waals surface area contributed by atoms with Crippen molar-refractivity contribution in [3.63, 3.8) is 0 Å². The minimum absolute atomic E-state index is 0.163. The molecule has 0 atom stereocenters. The van der Waals surface area contributed by atoms with Crippen LogP contribution in [-0.2, 0) is 0 Å². The summed E-state index contributed by atoms with van der Waals surface area (Å²) in [6, 6.07) is 6.67. The highest BCUT2D eigenvalue weighted by molar-refractivity contribution is 5.57. The van der Waals surface area contributed by atoms with Crippen molar-refractivity contribution >= 4 is 6.08 Å². The molecule has 0 bridgehead atoms. The molecule has 0 unspecified atom stereocenters. The molecule has 0 heterocycles. The summed E-state index contributed by atoms with van der Waals surface area (Å²) in [5.41, 5.74) is 5.64. The van der Waals surface area contributed by atoms with Gasteiger partial charge >= 0.3 is 0 Å². The second-order valence-corrected chi connectivity index (χ2v) is 6.84. The van der Waals surface area contributed by atoms with Gasteiger partial charge in [0.05, 0.1) is 0 Å². The Balaban J connectivity index is 2.95. The number of aryl methyl sites for hydroxylation is 2. The summed E-state index contributed by atoms with van der Waals surface area (Å²) < 4.78 is 0. The molecule has 1 N–H and O–H groups in total. The van der Waals surface area contributed by atoms with Gasteiger partial charge in [-0.1, -0.05) is 49.3 Å². The summed E-state index contributed by atoms with van der Waals surface area (Å²) in [6.07, 6.45) is 2.35. The van der Waals surface area contributed by atoms with Crippen LogP contribution in [0.3, 0.4) is 0 Å². The first-order valence-corrected chi connectivity index (χ1v) is 7.22. The van der Waals surface area contributed by atoms with E-state index in [0.29, 0.717) is 5.92 Å². The lowest BCUT2D eigenvalue weighted by molar-refractivity contribution is 0.437. The maximum atomic E-state index is 3.59. The molecule has 0 saturated carbocycles. The Morgan fingerprint density at radius 2 is 1.84 bits per heavy atom. The Bertz CT molecular complexity index is 447. The monoisotopic (exact) mass is 259 g/mol. The van der Waals surface area contributed by atoms with Gasteiger partial charge in [-0.05, 0) is 51.7 Å². The molecule has 0 aliphatic rings. The zero-order valence-electron chi connectivity index (χ0n) is 13.6. The van der Waals surface area contributed by atoms with Crippen LogP contribution in [0.25, 0.3) is 6.08 Å². The van der Waals surface area contributed by atoms with Crippen LogP contribution in [0.4, 0.5) is 0 Å². The average molecular weight is 259 g/mol. The Hall–Kier alpha value is -1.08. The van der Waals surface area contributed by atoms with Crippen molar-refractivity contribution in [1.82, 2.24) is 5.32 Å². The Labute approximate surface area is 119 Å². The minimum atomic E-state index is 0.163. The van der Waals surface area contributed by atoms with Gasteiger partial charge in [-0.15, -0.1) is 0 Å². The molecule has 0 amide bonds. The Morgan fingerprint density at radius 3 is 2.32 bits per heavy atom. The van der Waals surface area contributed by atoms with Crippen LogP contribution in [0, 0.1) is 19.8 Å². The quantitative estimate of drug-likeness (QED) is 0.824. The van der Waals surface area contributed by atoms with E-state index in [4.69, 9.17) is 0 Å². The van der Waals surface area contributed by atoms with E-state index >= 15 is 0 Å². The molecule has 1 rings (SSSR count). The first-order valence-electron chi connectivity index (χ1n) is 7.22. The third kappa shape index (κ3) is 5.61. The second kappa shape index (κ2) is 6.38. The Kier molecular flexibility index (Phi) is 5.37. The normalized spacial score (nSPS) is 13.2. The van der Waals surface area contributed by atoms with Gasteiger partial charge < -0.3 is 5.32 Å². The summed E-state index contributed by atoms with van der Waals surface area (Å²) in [6.45, 7) is 16.4.